The van der Waals surface area contributed by atoms with Crippen LogP contribution in [0.25, 0.3) is 0 Å². The van der Waals surface area contributed by atoms with Crippen LogP contribution in [0.3, 0.4) is 0 Å². The highest BCUT2D eigenvalue weighted by Gasteiger charge is 2.19. The highest BCUT2D eigenvalue weighted by molar-refractivity contribution is 5.34. The summed E-state index contributed by atoms with van der Waals surface area (Å²) in [5.74, 6) is 0. The highest BCUT2D eigenvalue weighted by atomic mass is 16.6. The van der Waals surface area contributed by atoms with Gasteiger partial charge in [0, 0.05) is 25.2 Å². The lowest BCUT2D eigenvalue weighted by Gasteiger charge is -2.30. The van der Waals surface area contributed by atoms with Crippen molar-refractivity contribution in [1.82, 2.24) is 4.90 Å². The van der Waals surface area contributed by atoms with E-state index in [-0.39, 0.29) is 11.8 Å². The molecule has 0 aromatic heterocycles. The van der Waals surface area contributed by atoms with Crippen LogP contribution in [0.4, 0.5) is 5.69 Å². The lowest BCUT2D eigenvalue weighted by molar-refractivity contribution is -0.384. The van der Waals surface area contributed by atoms with Crippen LogP contribution in [0.5, 0.6) is 0 Å². The molecule has 1 aromatic carbocycles. The summed E-state index contributed by atoms with van der Waals surface area (Å²) in [5, 5.41) is 10.5. The second-order valence-corrected chi connectivity index (χ2v) is 3.97. The van der Waals surface area contributed by atoms with E-state index in [9.17, 15) is 10.1 Å². The van der Waals surface area contributed by atoms with E-state index in [1.807, 2.05) is 7.05 Å². The molecule has 1 fully saturated rings. The van der Waals surface area contributed by atoms with Crippen molar-refractivity contribution in [3.05, 3.63) is 39.9 Å². The minimum atomic E-state index is -0.391. The largest absolute Gasteiger partial charge is 0.371 e. The molecule has 0 unspecified atom stereocenters. The number of nitro groups is 1. The van der Waals surface area contributed by atoms with Gasteiger partial charge in [0.2, 0.25) is 0 Å². The van der Waals surface area contributed by atoms with Crippen molar-refractivity contribution in [3.8, 4) is 0 Å². The monoisotopic (exact) mass is 222 g/mol. The Kier molecular flexibility index (Phi) is 3.17. The van der Waals surface area contributed by atoms with Crippen LogP contribution in [0, 0.1) is 10.1 Å². The van der Waals surface area contributed by atoms with Gasteiger partial charge in [-0.3, -0.25) is 10.1 Å². The molecule has 2 rings (SSSR count). The van der Waals surface area contributed by atoms with Crippen LogP contribution < -0.4 is 0 Å². The first-order chi connectivity index (χ1) is 7.66. The molecule has 1 aliphatic rings. The molecule has 1 atom stereocenters. The van der Waals surface area contributed by atoms with Gasteiger partial charge in [0.1, 0.15) is 0 Å². The third kappa shape index (κ3) is 2.37. The van der Waals surface area contributed by atoms with Gasteiger partial charge >= 0.3 is 0 Å². The molecular formula is C11H14N2O3. The minimum Gasteiger partial charge on any atom is -0.371 e. The van der Waals surface area contributed by atoms with Crippen molar-refractivity contribution >= 4 is 5.69 Å². The number of rotatable bonds is 2. The van der Waals surface area contributed by atoms with Gasteiger partial charge in [-0.1, -0.05) is 0 Å². The Balaban J connectivity index is 2.11. The second-order valence-electron chi connectivity index (χ2n) is 3.97. The van der Waals surface area contributed by atoms with Crippen LogP contribution in [-0.4, -0.2) is 36.6 Å². The summed E-state index contributed by atoms with van der Waals surface area (Å²) >= 11 is 0. The fourth-order valence-electron chi connectivity index (χ4n) is 1.79. The van der Waals surface area contributed by atoms with Gasteiger partial charge in [0.25, 0.3) is 5.69 Å². The third-order valence-corrected chi connectivity index (χ3v) is 2.75. The molecule has 1 saturated heterocycles. The molecule has 1 heterocycles. The maximum Gasteiger partial charge on any atom is 0.269 e. The highest BCUT2D eigenvalue weighted by Crippen LogP contribution is 2.23. The molecule has 0 N–H and O–H groups in total. The van der Waals surface area contributed by atoms with Crippen LogP contribution in [0.15, 0.2) is 24.3 Å². The number of hydrogen-bond donors (Lipinski definition) is 0. The number of morpholine rings is 1. The van der Waals surface area contributed by atoms with Crippen LogP contribution >= 0.6 is 0 Å². The summed E-state index contributed by atoms with van der Waals surface area (Å²) < 4.78 is 5.62. The Morgan fingerprint density at radius 3 is 2.69 bits per heavy atom. The minimum absolute atomic E-state index is 0.0274. The summed E-state index contributed by atoms with van der Waals surface area (Å²) in [4.78, 5) is 12.3. The van der Waals surface area contributed by atoms with Crippen molar-refractivity contribution in [2.45, 2.75) is 6.10 Å². The van der Waals surface area contributed by atoms with Gasteiger partial charge in [-0.15, -0.1) is 0 Å². The van der Waals surface area contributed by atoms with Crippen molar-refractivity contribution in [2.75, 3.05) is 26.7 Å². The summed E-state index contributed by atoms with van der Waals surface area (Å²) in [7, 11) is 2.04. The van der Waals surface area contributed by atoms with E-state index in [1.54, 1.807) is 12.1 Å². The predicted molar refractivity (Wildman–Crippen MR) is 59.3 cm³/mol. The number of nitrogens with zero attached hydrogens (tertiary/aromatic N) is 2. The second kappa shape index (κ2) is 4.59. The first-order valence-electron chi connectivity index (χ1n) is 5.21. The van der Waals surface area contributed by atoms with Crippen molar-refractivity contribution in [3.63, 3.8) is 0 Å². The average Bonchev–Trinajstić information content (AvgIpc) is 2.29. The maximum atomic E-state index is 10.5. The summed E-state index contributed by atoms with van der Waals surface area (Å²) in [6.07, 6.45) is 0.0274. The SMILES string of the molecule is CN1CCO[C@@H](c2ccc([N+](=O)[O-])cc2)C1. The molecule has 0 radical (unpaired) electrons. The van der Waals surface area contributed by atoms with Gasteiger partial charge in [0.05, 0.1) is 17.6 Å². The summed E-state index contributed by atoms with van der Waals surface area (Å²) in [5.41, 5.74) is 1.12. The third-order valence-electron chi connectivity index (χ3n) is 2.75. The molecular weight excluding hydrogens is 208 g/mol. The average molecular weight is 222 g/mol. The molecule has 86 valence electrons. The molecule has 5 nitrogen and oxygen atoms in total. The van der Waals surface area contributed by atoms with Gasteiger partial charge in [-0.2, -0.15) is 0 Å². The van der Waals surface area contributed by atoms with Crippen molar-refractivity contribution in [1.29, 1.82) is 0 Å². The Morgan fingerprint density at radius 2 is 2.12 bits per heavy atom. The zero-order valence-electron chi connectivity index (χ0n) is 9.13. The zero-order chi connectivity index (χ0) is 11.5. The molecule has 16 heavy (non-hydrogen) atoms. The van der Waals surface area contributed by atoms with Crippen molar-refractivity contribution in [2.24, 2.45) is 0 Å². The number of non-ortho nitro benzene ring substituents is 1. The summed E-state index contributed by atoms with van der Waals surface area (Å²) in [6, 6.07) is 6.57. The number of hydrogen-bond acceptors (Lipinski definition) is 4. The van der Waals surface area contributed by atoms with Crippen LogP contribution in [-0.2, 0) is 4.74 Å². The molecule has 0 aliphatic carbocycles. The summed E-state index contributed by atoms with van der Waals surface area (Å²) in [6.45, 7) is 2.47. The van der Waals surface area contributed by atoms with E-state index < -0.39 is 4.92 Å². The van der Waals surface area contributed by atoms with Crippen LogP contribution in [0.2, 0.25) is 0 Å². The van der Waals surface area contributed by atoms with E-state index in [1.165, 1.54) is 12.1 Å². The molecule has 1 aliphatic heterocycles. The van der Waals surface area contributed by atoms with Gasteiger partial charge in [0.15, 0.2) is 0 Å². The normalized spacial score (nSPS) is 21.9. The Morgan fingerprint density at radius 1 is 1.44 bits per heavy atom. The molecule has 0 saturated carbocycles. The molecule has 0 bridgehead atoms. The maximum absolute atomic E-state index is 10.5. The van der Waals surface area contributed by atoms with E-state index in [4.69, 9.17) is 4.74 Å². The fourth-order valence-corrected chi connectivity index (χ4v) is 1.79. The van der Waals surface area contributed by atoms with E-state index in [2.05, 4.69) is 4.90 Å². The quantitative estimate of drug-likeness (QED) is 0.563. The lowest BCUT2D eigenvalue weighted by Crippen LogP contribution is -2.35. The Hall–Kier alpha value is -1.46. The van der Waals surface area contributed by atoms with Crippen LogP contribution in [0.1, 0.15) is 11.7 Å². The van der Waals surface area contributed by atoms with Gasteiger partial charge < -0.3 is 9.64 Å². The van der Waals surface area contributed by atoms with E-state index in [0.29, 0.717) is 6.61 Å². The molecule has 1 aromatic rings. The molecule has 0 amide bonds. The number of nitro benzene ring substituents is 1. The first kappa shape index (κ1) is 11.0. The zero-order valence-corrected chi connectivity index (χ0v) is 9.13. The van der Waals surface area contributed by atoms with Gasteiger partial charge in [-0.05, 0) is 24.7 Å². The smallest absolute Gasteiger partial charge is 0.269 e. The number of likely N-dealkylation sites (N-methyl/N-ethyl adjacent to an activating group) is 1. The fraction of sp³-hybridized carbons (Fsp3) is 0.455. The van der Waals surface area contributed by atoms with E-state index >= 15 is 0 Å². The molecule has 0 spiro atoms. The van der Waals surface area contributed by atoms with Gasteiger partial charge in [-0.25, -0.2) is 0 Å². The molecule has 5 heteroatoms. The topological polar surface area (TPSA) is 55.6 Å². The number of benzene rings is 1. The van der Waals surface area contributed by atoms with E-state index in [0.717, 1.165) is 18.7 Å². The van der Waals surface area contributed by atoms with Crippen molar-refractivity contribution < 1.29 is 9.66 Å². The Labute approximate surface area is 93.8 Å². The lowest BCUT2D eigenvalue weighted by atomic mass is 10.1. The first-order valence-corrected chi connectivity index (χ1v) is 5.21. The Bertz CT molecular complexity index is 377. The number of ether oxygens (including phenoxy) is 1. The predicted octanol–water partition coefficient (Wildman–Crippen LogP) is 1.60. The standard InChI is InChI=1S/C11H14N2O3/c1-12-6-7-16-11(8-12)9-2-4-10(5-3-9)13(14)15/h2-5,11H,6-8H2,1H3/t11-/m1/s1.